The fourth-order valence-corrected chi connectivity index (χ4v) is 3.41. The molecule has 0 N–H and O–H groups in total. The Balaban J connectivity index is 1.99. The molecular weight excluding hydrogens is 300 g/mol. The summed E-state index contributed by atoms with van der Waals surface area (Å²) in [5, 5.41) is 31.0. The normalized spacial score (nSPS) is 11.7. The highest BCUT2D eigenvalue weighted by molar-refractivity contribution is 6.14. The maximum Gasteiger partial charge on any atom is 0.295 e. The Bertz CT molecular complexity index is 1280. The Hall–Kier alpha value is -3.40. The van der Waals surface area contributed by atoms with Crippen LogP contribution in [0.5, 0.6) is 0 Å². The maximum atomic E-state index is 12.1. The van der Waals surface area contributed by atoms with E-state index < -0.39 is 0 Å². The first-order valence-corrected chi connectivity index (χ1v) is 7.72. The lowest BCUT2D eigenvalue weighted by Gasteiger charge is -2.07. The highest BCUT2D eigenvalue weighted by atomic mass is 16.6. The predicted octanol–water partition coefficient (Wildman–Crippen LogP) is 3.57. The maximum absolute atomic E-state index is 12.1. The van der Waals surface area contributed by atoms with Gasteiger partial charge in [0, 0.05) is 12.1 Å². The van der Waals surface area contributed by atoms with Crippen molar-refractivity contribution < 1.29 is 9.69 Å². The van der Waals surface area contributed by atoms with E-state index in [1.165, 1.54) is 11.6 Å². The number of benzene rings is 4. The van der Waals surface area contributed by atoms with Crippen molar-refractivity contribution in [1.82, 2.24) is 0 Å². The smallest absolute Gasteiger partial charge is 0.295 e. The molecule has 4 nitrogen and oxygen atoms in total. The van der Waals surface area contributed by atoms with E-state index in [9.17, 15) is 10.4 Å². The molecule has 5 rings (SSSR count). The van der Waals surface area contributed by atoms with Gasteiger partial charge in [0.15, 0.2) is 0 Å². The van der Waals surface area contributed by atoms with Crippen molar-refractivity contribution in [2.24, 2.45) is 0 Å². The van der Waals surface area contributed by atoms with E-state index in [-0.39, 0.29) is 0 Å². The summed E-state index contributed by atoms with van der Waals surface area (Å²) in [5.74, 6) is 0. The van der Waals surface area contributed by atoms with E-state index >= 15 is 0 Å². The molecule has 24 heavy (non-hydrogen) atoms. The van der Waals surface area contributed by atoms with E-state index in [4.69, 9.17) is 0 Å². The Morgan fingerprint density at radius 3 is 1.96 bits per heavy atom. The van der Waals surface area contributed by atoms with Crippen LogP contribution in [0.25, 0.3) is 43.2 Å². The third-order valence-corrected chi connectivity index (χ3v) is 4.62. The van der Waals surface area contributed by atoms with Crippen molar-refractivity contribution in [3.63, 3.8) is 0 Å². The van der Waals surface area contributed by atoms with Crippen molar-refractivity contribution >= 4 is 43.2 Å². The van der Waals surface area contributed by atoms with Gasteiger partial charge in [-0.05, 0) is 50.5 Å². The lowest BCUT2D eigenvalue weighted by Crippen LogP contribution is -2.60. The van der Waals surface area contributed by atoms with Crippen LogP contribution in [0.1, 0.15) is 0 Å². The molecule has 0 radical (unpaired) electrons. The SMILES string of the molecule is [O-][n+]1ccc2cc3ccc4cc5ccccc5cc4c3cc2[n+]1[O-]. The van der Waals surface area contributed by atoms with Crippen LogP contribution in [0.15, 0.2) is 72.9 Å². The summed E-state index contributed by atoms with van der Waals surface area (Å²) >= 11 is 0. The van der Waals surface area contributed by atoms with E-state index in [2.05, 4.69) is 36.4 Å². The molecule has 114 valence electrons. The molecule has 0 spiro atoms. The molecule has 0 atom stereocenters. The molecule has 5 aromatic rings. The van der Waals surface area contributed by atoms with Gasteiger partial charge in [-0.15, -0.1) is 0 Å². The third-order valence-electron chi connectivity index (χ3n) is 4.62. The van der Waals surface area contributed by atoms with Crippen molar-refractivity contribution in [2.75, 3.05) is 0 Å². The molecule has 0 amide bonds. The Morgan fingerprint density at radius 1 is 0.583 bits per heavy atom. The Morgan fingerprint density at radius 2 is 1.21 bits per heavy atom. The number of nitrogens with zero attached hydrogens (tertiary/aromatic N) is 2. The van der Waals surface area contributed by atoms with Crippen molar-refractivity contribution in [1.29, 1.82) is 0 Å². The van der Waals surface area contributed by atoms with Gasteiger partial charge < -0.3 is 10.4 Å². The first-order valence-electron chi connectivity index (χ1n) is 7.72. The van der Waals surface area contributed by atoms with E-state index in [1.807, 2.05) is 24.3 Å². The first-order chi connectivity index (χ1) is 11.7. The highest BCUT2D eigenvalue weighted by Gasteiger charge is 2.14. The Kier molecular flexibility index (Phi) is 2.48. The molecule has 1 heterocycles. The van der Waals surface area contributed by atoms with Crippen LogP contribution in [0, 0.1) is 10.4 Å². The van der Waals surface area contributed by atoms with Crippen LogP contribution < -0.4 is 9.69 Å². The van der Waals surface area contributed by atoms with Crippen LogP contribution in [0.4, 0.5) is 0 Å². The monoisotopic (exact) mass is 312 g/mol. The zero-order valence-corrected chi connectivity index (χ0v) is 12.6. The summed E-state index contributed by atoms with van der Waals surface area (Å²) in [4.78, 5) is 0.684. The van der Waals surface area contributed by atoms with Crippen molar-refractivity contribution in [3.8, 4) is 0 Å². The standard InChI is InChI=1S/C20H12N2O2/c23-21-8-7-17-10-16-6-5-15-9-13-3-1-2-4-14(13)11-18(15)19(16)12-20(17)22(21)24/h1-12H. The number of rotatable bonds is 0. The fourth-order valence-electron chi connectivity index (χ4n) is 3.41. The van der Waals surface area contributed by atoms with Gasteiger partial charge in [0.25, 0.3) is 11.7 Å². The van der Waals surface area contributed by atoms with E-state index in [0.717, 1.165) is 32.3 Å². The van der Waals surface area contributed by atoms with Gasteiger partial charge in [-0.3, -0.25) is 0 Å². The van der Waals surface area contributed by atoms with Gasteiger partial charge in [-0.1, -0.05) is 36.4 Å². The zero-order valence-electron chi connectivity index (χ0n) is 12.6. The van der Waals surface area contributed by atoms with Gasteiger partial charge in [0.2, 0.25) is 0 Å². The molecule has 0 aliphatic heterocycles. The highest BCUT2D eigenvalue weighted by Crippen LogP contribution is 2.31. The first kappa shape index (κ1) is 13.1. The third kappa shape index (κ3) is 1.74. The average molecular weight is 312 g/mol. The molecule has 0 aliphatic carbocycles. The van der Waals surface area contributed by atoms with Gasteiger partial charge in [-0.2, -0.15) is 0 Å². The van der Waals surface area contributed by atoms with Gasteiger partial charge in [-0.25, -0.2) is 0 Å². The van der Waals surface area contributed by atoms with Crippen LogP contribution in [-0.4, -0.2) is 0 Å². The molecule has 0 bridgehead atoms. The predicted molar refractivity (Wildman–Crippen MR) is 94.4 cm³/mol. The van der Waals surface area contributed by atoms with Crippen LogP contribution >= 0.6 is 0 Å². The summed E-state index contributed by atoms with van der Waals surface area (Å²) in [7, 11) is 0. The number of hydrogen-bond acceptors (Lipinski definition) is 2. The summed E-state index contributed by atoms with van der Waals surface area (Å²) in [5.41, 5.74) is 0.376. The number of aromatic nitrogens is 2. The topological polar surface area (TPSA) is 53.9 Å². The van der Waals surface area contributed by atoms with Crippen LogP contribution in [0.3, 0.4) is 0 Å². The number of hydrogen-bond donors (Lipinski definition) is 0. The van der Waals surface area contributed by atoms with E-state index in [1.54, 1.807) is 6.07 Å². The lowest BCUT2D eigenvalue weighted by atomic mass is 9.97. The molecule has 1 aromatic heterocycles. The number of fused-ring (bicyclic) bond motifs is 5. The minimum atomic E-state index is 0.300. The molecule has 0 saturated heterocycles. The fraction of sp³-hybridized carbons (Fsp3) is 0. The quantitative estimate of drug-likeness (QED) is 0.190. The molecule has 4 aromatic carbocycles. The second-order valence-corrected chi connectivity index (χ2v) is 6.01. The largest absolute Gasteiger partial charge is 0.561 e. The second kappa shape index (κ2) is 4.55. The minimum absolute atomic E-state index is 0.300. The molecular formula is C20H12N2O2. The molecule has 4 heteroatoms. The van der Waals surface area contributed by atoms with Gasteiger partial charge in [0.1, 0.15) is 0 Å². The average Bonchev–Trinajstić information content (AvgIpc) is 2.62. The zero-order chi connectivity index (χ0) is 16.3. The molecule has 0 fully saturated rings. The van der Waals surface area contributed by atoms with Gasteiger partial charge in [0.05, 0.1) is 15.1 Å². The van der Waals surface area contributed by atoms with Crippen molar-refractivity contribution in [2.45, 2.75) is 0 Å². The van der Waals surface area contributed by atoms with Crippen molar-refractivity contribution in [3.05, 3.63) is 83.3 Å². The summed E-state index contributed by atoms with van der Waals surface area (Å²) in [6, 6.07) is 22.1. The lowest BCUT2D eigenvalue weighted by molar-refractivity contribution is -1.18. The molecule has 0 saturated carbocycles. The van der Waals surface area contributed by atoms with Crippen LogP contribution in [-0.2, 0) is 0 Å². The summed E-state index contributed by atoms with van der Waals surface area (Å²) in [6.45, 7) is 0. The van der Waals surface area contributed by atoms with E-state index in [0.29, 0.717) is 15.2 Å². The minimum Gasteiger partial charge on any atom is -0.561 e. The molecule has 0 unspecified atom stereocenters. The van der Waals surface area contributed by atoms with Gasteiger partial charge >= 0.3 is 0 Å². The second-order valence-electron chi connectivity index (χ2n) is 6.01. The Labute approximate surface area is 136 Å². The summed E-state index contributed by atoms with van der Waals surface area (Å²) < 4.78 is 0. The summed E-state index contributed by atoms with van der Waals surface area (Å²) in [6.07, 6.45) is 1.23. The van der Waals surface area contributed by atoms with Crippen LogP contribution in [0.2, 0.25) is 0 Å². The molecule has 0 aliphatic rings.